The van der Waals surface area contributed by atoms with Gasteiger partial charge in [-0.25, -0.2) is 12.8 Å². The number of piperidine rings is 1. The summed E-state index contributed by atoms with van der Waals surface area (Å²) in [5.41, 5.74) is 1.61. The van der Waals surface area contributed by atoms with Crippen molar-refractivity contribution in [1.82, 2.24) is 14.7 Å². The fourth-order valence-electron chi connectivity index (χ4n) is 3.66. The van der Waals surface area contributed by atoms with Crippen molar-refractivity contribution < 1.29 is 22.0 Å². The van der Waals surface area contributed by atoms with Crippen LogP contribution in [0.25, 0.3) is 11.1 Å². The van der Waals surface area contributed by atoms with E-state index in [4.69, 9.17) is 4.42 Å². The summed E-state index contributed by atoms with van der Waals surface area (Å²) >= 11 is 0. The molecule has 3 heterocycles. The highest BCUT2D eigenvalue weighted by Crippen LogP contribution is 2.23. The number of carbonyl (C=O) groups is 1. The van der Waals surface area contributed by atoms with Gasteiger partial charge in [0, 0.05) is 24.8 Å². The lowest BCUT2D eigenvalue weighted by molar-refractivity contribution is -0.132. The second-order valence-corrected chi connectivity index (χ2v) is 9.68. The Labute approximate surface area is 174 Å². The van der Waals surface area contributed by atoms with Crippen LogP contribution in [0.4, 0.5) is 4.39 Å². The van der Waals surface area contributed by atoms with Crippen molar-refractivity contribution in [2.45, 2.75) is 30.4 Å². The number of aromatic nitrogens is 2. The van der Waals surface area contributed by atoms with Crippen molar-refractivity contribution in [2.24, 2.45) is 0 Å². The first-order chi connectivity index (χ1) is 14.4. The third kappa shape index (κ3) is 4.62. The van der Waals surface area contributed by atoms with Crippen LogP contribution in [0.5, 0.6) is 0 Å². The maximum atomic E-state index is 13.1. The molecule has 0 spiro atoms. The van der Waals surface area contributed by atoms with Crippen molar-refractivity contribution in [3.8, 4) is 11.1 Å². The van der Waals surface area contributed by atoms with E-state index < -0.39 is 15.1 Å². The van der Waals surface area contributed by atoms with Gasteiger partial charge in [-0.15, -0.1) is 0 Å². The average Bonchev–Trinajstić information content (AvgIpc) is 3.40. The Balaban J connectivity index is 1.32. The van der Waals surface area contributed by atoms with E-state index in [1.165, 1.54) is 18.4 Å². The molecule has 1 aromatic carbocycles. The van der Waals surface area contributed by atoms with Gasteiger partial charge in [-0.2, -0.15) is 5.10 Å². The quantitative estimate of drug-likeness (QED) is 0.599. The van der Waals surface area contributed by atoms with Crippen LogP contribution in [0.2, 0.25) is 0 Å². The molecule has 0 saturated carbocycles. The number of likely N-dealkylation sites (tertiary alicyclic amines) is 1. The molecule has 158 valence electrons. The monoisotopic (exact) mass is 431 g/mol. The minimum absolute atomic E-state index is 0.0744. The number of amides is 1. The number of halogens is 1. The van der Waals surface area contributed by atoms with Crippen LogP contribution in [0.15, 0.2) is 59.5 Å². The highest BCUT2D eigenvalue weighted by Gasteiger charge is 2.32. The normalized spacial score (nSPS) is 15.4. The fraction of sp³-hybridized carbons (Fsp3) is 0.333. The van der Waals surface area contributed by atoms with E-state index in [1.807, 2.05) is 0 Å². The molecule has 0 N–H and O–H groups in total. The van der Waals surface area contributed by atoms with Gasteiger partial charge >= 0.3 is 0 Å². The maximum Gasteiger partial charge on any atom is 0.244 e. The van der Waals surface area contributed by atoms with Crippen molar-refractivity contribution in [3.63, 3.8) is 0 Å². The van der Waals surface area contributed by atoms with E-state index in [2.05, 4.69) is 5.10 Å². The predicted molar refractivity (Wildman–Crippen MR) is 109 cm³/mol. The summed E-state index contributed by atoms with van der Waals surface area (Å²) in [6.07, 6.45) is 5.66. The minimum Gasteiger partial charge on any atom is -0.468 e. The van der Waals surface area contributed by atoms with Gasteiger partial charge in [-0.1, -0.05) is 12.1 Å². The highest BCUT2D eigenvalue weighted by atomic mass is 32.2. The Morgan fingerprint density at radius 3 is 2.53 bits per heavy atom. The zero-order chi connectivity index (χ0) is 21.1. The Kier molecular flexibility index (Phi) is 5.72. The largest absolute Gasteiger partial charge is 0.468 e. The topological polar surface area (TPSA) is 85.4 Å². The zero-order valence-corrected chi connectivity index (χ0v) is 17.1. The van der Waals surface area contributed by atoms with Gasteiger partial charge in [0.2, 0.25) is 5.91 Å². The molecule has 0 atom stereocenters. The molecule has 1 saturated heterocycles. The molecule has 0 radical (unpaired) electrons. The third-order valence-electron chi connectivity index (χ3n) is 5.33. The molecule has 2 aromatic heterocycles. The lowest BCUT2D eigenvalue weighted by Gasteiger charge is -2.31. The SMILES string of the molecule is O=C(Cn1cc(-c2ccc(F)cc2)cn1)N1CCC(S(=O)(=O)Cc2ccco2)CC1. The van der Waals surface area contributed by atoms with Crippen molar-refractivity contribution >= 4 is 15.7 Å². The Morgan fingerprint density at radius 2 is 1.87 bits per heavy atom. The summed E-state index contributed by atoms with van der Waals surface area (Å²) < 4.78 is 44.9. The molecule has 0 bridgehead atoms. The Bertz CT molecular complexity index is 1100. The molecule has 4 rings (SSSR count). The Hall–Kier alpha value is -2.94. The van der Waals surface area contributed by atoms with E-state index >= 15 is 0 Å². The predicted octanol–water partition coefficient (Wildman–Crippen LogP) is 2.89. The van der Waals surface area contributed by atoms with Gasteiger partial charge in [0.05, 0.1) is 17.7 Å². The highest BCUT2D eigenvalue weighted by molar-refractivity contribution is 7.91. The number of sulfone groups is 1. The second-order valence-electron chi connectivity index (χ2n) is 7.40. The van der Waals surface area contributed by atoms with Gasteiger partial charge in [-0.05, 0) is 42.7 Å². The van der Waals surface area contributed by atoms with E-state index in [0.717, 1.165) is 11.1 Å². The van der Waals surface area contributed by atoms with Gasteiger partial charge in [0.25, 0.3) is 0 Å². The molecule has 1 amide bonds. The first-order valence-electron chi connectivity index (χ1n) is 9.71. The lowest BCUT2D eigenvalue weighted by atomic mass is 10.1. The number of benzene rings is 1. The summed E-state index contributed by atoms with van der Waals surface area (Å²) in [6, 6.07) is 9.39. The molecular weight excluding hydrogens is 409 g/mol. The lowest BCUT2D eigenvalue weighted by Crippen LogP contribution is -2.44. The number of rotatable bonds is 6. The molecule has 1 aliphatic heterocycles. The summed E-state index contributed by atoms with van der Waals surface area (Å²) in [4.78, 5) is 14.3. The zero-order valence-electron chi connectivity index (χ0n) is 16.3. The van der Waals surface area contributed by atoms with Crippen LogP contribution in [0, 0.1) is 5.82 Å². The summed E-state index contributed by atoms with van der Waals surface area (Å²) in [5.74, 6) is -0.0939. The van der Waals surface area contributed by atoms with Crippen LogP contribution >= 0.6 is 0 Å². The summed E-state index contributed by atoms with van der Waals surface area (Å²) in [6.45, 7) is 0.866. The molecule has 0 unspecified atom stereocenters. The molecular formula is C21H22FN3O4S. The molecule has 7 nitrogen and oxygen atoms in total. The van der Waals surface area contributed by atoms with Gasteiger partial charge in [0.1, 0.15) is 23.9 Å². The van der Waals surface area contributed by atoms with Crippen molar-refractivity contribution in [1.29, 1.82) is 0 Å². The number of furan rings is 1. The maximum absolute atomic E-state index is 13.1. The van der Waals surface area contributed by atoms with E-state index in [0.29, 0.717) is 31.7 Å². The number of hydrogen-bond acceptors (Lipinski definition) is 5. The van der Waals surface area contributed by atoms with Crippen LogP contribution < -0.4 is 0 Å². The molecule has 0 aliphatic carbocycles. The first-order valence-corrected chi connectivity index (χ1v) is 11.4. The van der Waals surface area contributed by atoms with Crippen molar-refractivity contribution in [2.75, 3.05) is 13.1 Å². The number of nitrogens with zero attached hydrogens (tertiary/aromatic N) is 3. The van der Waals surface area contributed by atoms with E-state index in [1.54, 1.807) is 46.2 Å². The Morgan fingerprint density at radius 1 is 1.13 bits per heavy atom. The third-order valence-corrected chi connectivity index (χ3v) is 7.51. The standard InChI is InChI=1S/C21H22FN3O4S/c22-18-5-3-16(4-6-18)17-12-23-25(13-17)14-21(26)24-9-7-20(8-10-24)30(27,28)15-19-2-1-11-29-19/h1-6,11-13,20H,7-10,14-15H2. The van der Waals surface area contributed by atoms with E-state index in [-0.39, 0.29) is 24.0 Å². The first kappa shape index (κ1) is 20.3. The summed E-state index contributed by atoms with van der Waals surface area (Å²) in [7, 11) is -3.32. The second kappa shape index (κ2) is 8.43. The summed E-state index contributed by atoms with van der Waals surface area (Å²) in [5, 5.41) is 3.74. The number of hydrogen-bond donors (Lipinski definition) is 0. The molecule has 1 fully saturated rings. The smallest absolute Gasteiger partial charge is 0.244 e. The fourth-order valence-corrected chi connectivity index (χ4v) is 5.38. The van der Waals surface area contributed by atoms with Gasteiger partial charge < -0.3 is 9.32 Å². The molecule has 3 aromatic rings. The van der Waals surface area contributed by atoms with Crippen LogP contribution in [0.3, 0.4) is 0 Å². The van der Waals surface area contributed by atoms with Crippen LogP contribution in [0.1, 0.15) is 18.6 Å². The van der Waals surface area contributed by atoms with Crippen LogP contribution in [-0.2, 0) is 26.9 Å². The van der Waals surface area contributed by atoms with Gasteiger partial charge in [0.15, 0.2) is 9.84 Å². The average molecular weight is 431 g/mol. The van der Waals surface area contributed by atoms with E-state index in [9.17, 15) is 17.6 Å². The van der Waals surface area contributed by atoms with Gasteiger partial charge in [-0.3, -0.25) is 9.48 Å². The van der Waals surface area contributed by atoms with Crippen molar-refractivity contribution in [3.05, 3.63) is 66.6 Å². The minimum atomic E-state index is -3.32. The molecule has 9 heteroatoms. The molecule has 1 aliphatic rings. The van der Waals surface area contributed by atoms with Crippen LogP contribution in [-0.4, -0.2) is 47.3 Å². The molecule has 30 heavy (non-hydrogen) atoms. The number of carbonyl (C=O) groups excluding carboxylic acids is 1.